The Morgan fingerprint density at radius 3 is 1.92 bits per heavy atom. The first-order chi connectivity index (χ1) is 11.4. The Bertz CT molecular complexity index is 730. The maximum absolute atomic E-state index is 12.5. The predicted octanol–water partition coefficient (Wildman–Crippen LogP) is 5.29. The number of hydrogen-bond donors (Lipinski definition) is 1. The molecule has 0 aromatic heterocycles. The predicted molar refractivity (Wildman–Crippen MR) is 80.0 cm³/mol. The van der Waals surface area contributed by atoms with Gasteiger partial charge in [0.25, 0.3) is 0 Å². The van der Waals surface area contributed by atoms with E-state index in [9.17, 15) is 26.3 Å². The van der Waals surface area contributed by atoms with Crippen LogP contribution in [0.4, 0.5) is 26.3 Å². The maximum atomic E-state index is 12.5. The first-order valence-electron chi connectivity index (χ1n) is 6.61. The van der Waals surface area contributed by atoms with Gasteiger partial charge in [0.1, 0.15) is 11.5 Å². The van der Waals surface area contributed by atoms with E-state index in [0.717, 1.165) is 18.2 Å². The van der Waals surface area contributed by atoms with Gasteiger partial charge in [-0.2, -0.15) is 0 Å². The number of hydrogen-bond acceptors (Lipinski definition) is 3. The van der Waals surface area contributed by atoms with Crippen molar-refractivity contribution in [1.82, 2.24) is 0 Å². The first-order valence-corrected chi connectivity index (χ1v) is 7.40. The van der Waals surface area contributed by atoms with Crippen molar-refractivity contribution < 1.29 is 35.8 Å². The molecule has 0 saturated heterocycles. The van der Waals surface area contributed by atoms with Gasteiger partial charge in [0.15, 0.2) is 0 Å². The van der Waals surface area contributed by atoms with Gasteiger partial charge in [-0.15, -0.1) is 26.3 Å². The Kier molecular flexibility index (Phi) is 5.52. The molecule has 3 nitrogen and oxygen atoms in total. The smallest absolute Gasteiger partial charge is 0.406 e. The summed E-state index contributed by atoms with van der Waals surface area (Å²) in [6.07, 6.45) is -9.76. The number of rotatable bonds is 4. The molecular formula is C15H10BrF6NO2. The summed E-state index contributed by atoms with van der Waals surface area (Å²) in [6, 6.07) is 7.20. The lowest BCUT2D eigenvalue weighted by molar-refractivity contribution is -0.275. The van der Waals surface area contributed by atoms with Gasteiger partial charge in [0, 0.05) is 10.0 Å². The molecule has 0 fully saturated rings. The van der Waals surface area contributed by atoms with Crippen molar-refractivity contribution in [3.8, 4) is 11.5 Å². The number of alkyl halides is 6. The second kappa shape index (κ2) is 7.12. The van der Waals surface area contributed by atoms with Crippen molar-refractivity contribution in [2.45, 2.75) is 18.8 Å². The molecule has 0 spiro atoms. The van der Waals surface area contributed by atoms with Crippen molar-refractivity contribution in [1.29, 1.82) is 0 Å². The molecule has 10 heteroatoms. The van der Waals surface area contributed by atoms with E-state index in [4.69, 9.17) is 5.73 Å². The highest BCUT2D eigenvalue weighted by Crippen LogP contribution is 2.35. The van der Waals surface area contributed by atoms with Crippen LogP contribution in [-0.4, -0.2) is 12.7 Å². The van der Waals surface area contributed by atoms with Crippen LogP contribution in [0.3, 0.4) is 0 Å². The largest absolute Gasteiger partial charge is 0.573 e. The minimum absolute atomic E-state index is 0.0104. The summed E-state index contributed by atoms with van der Waals surface area (Å²) < 4.78 is 82.1. The molecule has 0 heterocycles. The van der Waals surface area contributed by atoms with Gasteiger partial charge in [-0.25, -0.2) is 0 Å². The molecule has 0 radical (unpaired) electrons. The van der Waals surface area contributed by atoms with Gasteiger partial charge in [0.05, 0.1) is 6.04 Å². The summed E-state index contributed by atoms with van der Waals surface area (Å²) >= 11 is 3.12. The van der Waals surface area contributed by atoms with Crippen LogP contribution in [0.25, 0.3) is 0 Å². The highest BCUT2D eigenvalue weighted by Gasteiger charge is 2.33. The molecule has 0 aliphatic carbocycles. The van der Waals surface area contributed by atoms with Crippen LogP contribution in [0, 0.1) is 0 Å². The summed E-state index contributed by atoms with van der Waals surface area (Å²) in [7, 11) is 0. The van der Waals surface area contributed by atoms with Crippen molar-refractivity contribution in [2.24, 2.45) is 5.73 Å². The second-order valence-corrected chi connectivity index (χ2v) is 5.74. The highest BCUT2D eigenvalue weighted by atomic mass is 79.9. The molecule has 0 aliphatic heterocycles. The van der Waals surface area contributed by atoms with Gasteiger partial charge in [-0.05, 0) is 35.9 Å². The Morgan fingerprint density at radius 2 is 1.40 bits per heavy atom. The van der Waals surface area contributed by atoms with Crippen LogP contribution >= 0.6 is 15.9 Å². The molecule has 1 atom stereocenters. The molecule has 0 aliphatic rings. The number of nitrogens with two attached hydrogens (primary N) is 1. The van der Waals surface area contributed by atoms with E-state index in [-0.39, 0.29) is 11.1 Å². The molecule has 2 rings (SSSR count). The lowest BCUT2D eigenvalue weighted by Gasteiger charge is -2.19. The summed E-state index contributed by atoms with van der Waals surface area (Å²) in [6.45, 7) is 0. The Morgan fingerprint density at radius 1 is 0.840 bits per heavy atom. The fourth-order valence-corrected chi connectivity index (χ4v) is 2.42. The third-order valence-corrected chi connectivity index (χ3v) is 3.50. The SMILES string of the molecule is N[C@@H](c1ccc(OC(F)(F)F)cc1)c1cc(Br)ccc1OC(F)(F)F. The van der Waals surface area contributed by atoms with Crippen LogP contribution in [0.15, 0.2) is 46.9 Å². The third-order valence-electron chi connectivity index (χ3n) is 3.01. The van der Waals surface area contributed by atoms with E-state index >= 15 is 0 Å². The molecule has 2 aromatic rings. The van der Waals surface area contributed by atoms with Crippen molar-refractivity contribution in [3.05, 3.63) is 58.1 Å². The molecule has 0 unspecified atom stereocenters. The summed E-state index contributed by atoms with van der Waals surface area (Å²) in [5.41, 5.74) is 6.24. The first kappa shape index (κ1) is 19.4. The van der Waals surface area contributed by atoms with Crippen LogP contribution in [-0.2, 0) is 0 Å². The molecule has 2 N–H and O–H groups in total. The highest BCUT2D eigenvalue weighted by molar-refractivity contribution is 9.10. The standard InChI is InChI=1S/C15H10BrF6NO2/c16-9-3-6-12(25-15(20,21)22)11(7-9)13(23)8-1-4-10(5-2-8)24-14(17,18)19/h1-7,13H,23H2/t13-/m0/s1. The van der Waals surface area contributed by atoms with Gasteiger partial charge in [0.2, 0.25) is 0 Å². The van der Waals surface area contributed by atoms with Crippen LogP contribution in [0.5, 0.6) is 11.5 Å². The minimum atomic E-state index is -4.91. The summed E-state index contributed by atoms with van der Waals surface area (Å²) in [4.78, 5) is 0. The Balaban J connectivity index is 2.30. The fourth-order valence-electron chi connectivity index (χ4n) is 2.04. The third kappa shape index (κ3) is 5.82. The quantitative estimate of drug-likeness (QED) is 0.671. The Hall–Kier alpha value is -1.94. The van der Waals surface area contributed by atoms with E-state index in [1.54, 1.807) is 0 Å². The molecule has 136 valence electrons. The van der Waals surface area contributed by atoms with Gasteiger partial charge in [-0.3, -0.25) is 0 Å². The van der Waals surface area contributed by atoms with E-state index in [0.29, 0.717) is 4.47 Å². The summed E-state index contributed by atoms with van der Waals surface area (Å²) in [5.74, 6) is -0.969. The lowest BCUT2D eigenvalue weighted by atomic mass is 9.98. The van der Waals surface area contributed by atoms with E-state index in [2.05, 4.69) is 25.4 Å². The van der Waals surface area contributed by atoms with Crippen LogP contribution in [0.2, 0.25) is 0 Å². The van der Waals surface area contributed by atoms with Gasteiger partial charge < -0.3 is 15.2 Å². The van der Waals surface area contributed by atoms with E-state index < -0.39 is 30.3 Å². The molecule has 0 bridgehead atoms. The molecule has 0 saturated carbocycles. The normalized spacial score (nSPS) is 13.4. The number of halogens is 7. The van der Waals surface area contributed by atoms with Gasteiger partial charge in [-0.1, -0.05) is 28.1 Å². The zero-order valence-corrected chi connectivity index (χ0v) is 13.7. The topological polar surface area (TPSA) is 44.5 Å². The number of ether oxygens (including phenoxy) is 2. The van der Waals surface area contributed by atoms with E-state index in [1.807, 2.05) is 0 Å². The molecule has 2 aromatic carbocycles. The number of benzene rings is 2. The van der Waals surface area contributed by atoms with Crippen LogP contribution in [0.1, 0.15) is 17.2 Å². The lowest BCUT2D eigenvalue weighted by Crippen LogP contribution is -2.21. The minimum Gasteiger partial charge on any atom is -0.406 e. The van der Waals surface area contributed by atoms with Crippen molar-refractivity contribution in [2.75, 3.05) is 0 Å². The molecule has 0 amide bonds. The average Bonchev–Trinajstić information content (AvgIpc) is 2.46. The second-order valence-electron chi connectivity index (χ2n) is 4.82. The monoisotopic (exact) mass is 429 g/mol. The van der Waals surface area contributed by atoms with Crippen LogP contribution < -0.4 is 15.2 Å². The summed E-state index contributed by atoms with van der Waals surface area (Å²) in [5, 5.41) is 0. The molecular weight excluding hydrogens is 420 g/mol. The fraction of sp³-hybridized carbons (Fsp3) is 0.200. The van der Waals surface area contributed by atoms with Gasteiger partial charge >= 0.3 is 12.7 Å². The Labute approximate surface area is 146 Å². The maximum Gasteiger partial charge on any atom is 0.573 e. The van der Waals surface area contributed by atoms with Crippen molar-refractivity contribution >= 4 is 15.9 Å². The van der Waals surface area contributed by atoms with E-state index in [1.165, 1.54) is 24.3 Å². The molecule has 25 heavy (non-hydrogen) atoms. The average molecular weight is 430 g/mol. The zero-order chi connectivity index (χ0) is 18.8. The van der Waals surface area contributed by atoms with Crippen molar-refractivity contribution in [3.63, 3.8) is 0 Å². The zero-order valence-electron chi connectivity index (χ0n) is 12.2.